The van der Waals surface area contributed by atoms with Gasteiger partial charge in [-0.15, -0.1) is 0 Å². The molecule has 1 fully saturated rings. The molecule has 0 aromatic heterocycles. The van der Waals surface area contributed by atoms with Gasteiger partial charge in [-0.25, -0.2) is 4.79 Å². The summed E-state index contributed by atoms with van der Waals surface area (Å²) in [6, 6.07) is 21.5. The highest BCUT2D eigenvalue weighted by molar-refractivity contribution is 5.71. The number of hydrogen-bond donors (Lipinski definition) is 0. The Morgan fingerprint density at radius 1 is 1.00 bits per heavy atom. The van der Waals surface area contributed by atoms with E-state index in [4.69, 9.17) is 4.74 Å². The smallest absolute Gasteiger partial charge is 0.362 e. The van der Waals surface area contributed by atoms with Crippen molar-refractivity contribution in [3.05, 3.63) is 71.8 Å². The summed E-state index contributed by atoms with van der Waals surface area (Å²) >= 11 is 0. The minimum atomic E-state index is -0.432. The van der Waals surface area contributed by atoms with Gasteiger partial charge in [0.05, 0.1) is 0 Å². The first-order valence-electron chi connectivity index (χ1n) is 9.02. The Labute approximate surface area is 167 Å². The lowest BCUT2D eigenvalue weighted by Crippen LogP contribution is -3.00. The first-order valence-corrected chi connectivity index (χ1v) is 9.02. The number of ether oxygens (including phenoxy) is 1. The van der Waals surface area contributed by atoms with E-state index in [1.54, 1.807) is 0 Å². The van der Waals surface area contributed by atoms with Crippen LogP contribution in [0.15, 0.2) is 60.7 Å². The average Bonchev–Trinajstić information content (AvgIpc) is 3.18. The lowest BCUT2D eigenvalue weighted by Gasteiger charge is -2.24. The summed E-state index contributed by atoms with van der Waals surface area (Å²) in [5.41, 5.74) is 2.19. The van der Waals surface area contributed by atoms with Crippen molar-refractivity contribution in [3.8, 4) is 0 Å². The van der Waals surface area contributed by atoms with Crippen molar-refractivity contribution in [2.75, 3.05) is 13.1 Å². The first-order chi connectivity index (χ1) is 11.9. The van der Waals surface area contributed by atoms with Crippen molar-refractivity contribution >= 4 is 5.97 Å². The predicted octanol–water partition coefficient (Wildman–Crippen LogP) is 0.974. The molecule has 0 aliphatic carbocycles. The van der Waals surface area contributed by atoms with Crippen molar-refractivity contribution in [2.45, 2.75) is 45.4 Å². The molecule has 0 N–H and O–H groups in total. The molecule has 2 aromatic carbocycles. The Morgan fingerprint density at radius 2 is 1.54 bits per heavy atom. The molecule has 0 spiro atoms. The fourth-order valence-corrected chi connectivity index (χ4v) is 3.54. The molecule has 0 amide bonds. The second kappa shape index (κ2) is 8.36. The summed E-state index contributed by atoms with van der Waals surface area (Å²) in [6.07, 6.45) is 1.01. The second-order valence-corrected chi connectivity index (χ2v) is 8.13. The molecule has 26 heavy (non-hydrogen) atoms. The van der Waals surface area contributed by atoms with Gasteiger partial charge in [0.1, 0.15) is 24.7 Å². The molecule has 3 nitrogen and oxygen atoms in total. The molecular weight excluding hydrogens is 390 g/mol. The largest absolute Gasteiger partial charge is 1.00 e. The number of rotatable bonds is 6. The first kappa shape index (κ1) is 20.7. The fraction of sp³-hybridized carbons (Fsp3) is 0.409. The van der Waals surface area contributed by atoms with Gasteiger partial charge in [0.15, 0.2) is 6.54 Å². The van der Waals surface area contributed by atoms with Crippen LogP contribution in [0.2, 0.25) is 0 Å². The van der Waals surface area contributed by atoms with E-state index in [0.717, 1.165) is 24.0 Å². The van der Waals surface area contributed by atoms with Gasteiger partial charge in [-0.3, -0.25) is 4.48 Å². The highest BCUT2D eigenvalue weighted by atomic mass is 79.9. The number of nitrogens with zero attached hydrogens (tertiary/aromatic N) is 1. The van der Waals surface area contributed by atoms with Crippen LogP contribution in [0.4, 0.5) is 0 Å². The van der Waals surface area contributed by atoms with Gasteiger partial charge >= 0.3 is 5.97 Å². The van der Waals surface area contributed by atoms with Gasteiger partial charge in [0.25, 0.3) is 0 Å². The van der Waals surface area contributed by atoms with Gasteiger partial charge in [-0.1, -0.05) is 60.7 Å². The van der Waals surface area contributed by atoms with Crippen LogP contribution in [0, 0.1) is 0 Å². The summed E-state index contributed by atoms with van der Waals surface area (Å²) in [4.78, 5) is 12.5. The quantitative estimate of drug-likeness (QED) is 0.397. The Hall–Kier alpha value is -1.65. The minimum absolute atomic E-state index is 0. The zero-order valence-corrected chi connectivity index (χ0v) is 17.4. The molecule has 2 unspecified atom stereocenters. The third-order valence-electron chi connectivity index (χ3n) is 4.73. The summed E-state index contributed by atoms with van der Waals surface area (Å²) in [7, 11) is 0. The number of esters is 1. The Kier molecular flexibility index (Phi) is 6.64. The molecule has 4 heteroatoms. The van der Waals surface area contributed by atoms with Crippen molar-refractivity contribution < 1.29 is 31.0 Å². The second-order valence-electron chi connectivity index (χ2n) is 8.13. The summed E-state index contributed by atoms with van der Waals surface area (Å²) in [5, 5.41) is 0. The van der Waals surface area contributed by atoms with Gasteiger partial charge in [-0.05, 0) is 26.3 Å². The van der Waals surface area contributed by atoms with Crippen LogP contribution >= 0.6 is 0 Å². The number of hydrogen-bond acceptors (Lipinski definition) is 2. The molecular formula is C22H28BrNO2. The standard InChI is InChI=1S/C22H28NO2.BrH/c1-22(2,3)25-21(24)17-23(15-19-12-8-5-9-13-19)16-20(23)14-18-10-6-4-7-11-18;/h4-13,20H,14-17H2,1-3H3;1H/q+1;/p-1. The summed E-state index contributed by atoms with van der Waals surface area (Å²) < 4.78 is 6.39. The third-order valence-corrected chi connectivity index (χ3v) is 4.73. The lowest BCUT2D eigenvalue weighted by molar-refractivity contribution is -0.820. The SMILES string of the molecule is CC(C)(C)OC(=O)C[N+]1(Cc2ccccc2)CC1Cc1ccccc1.[Br-]. The maximum atomic E-state index is 12.5. The normalized spacial score (nSPS) is 21.6. The van der Waals surface area contributed by atoms with Crippen LogP contribution in [0.25, 0.3) is 0 Å². The van der Waals surface area contributed by atoms with Crippen molar-refractivity contribution in [2.24, 2.45) is 0 Å². The molecule has 0 bridgehead atoms. The van der Waals surface area contributed by atoms with E-state index in [-0.39, 0.29) is 23.0 Å². The maximum Gasteiger partial charge on any atom is 0.362 e. The topological polar surface area (TPSA) is 26.3 Å². The van der Waals surface area contributed by atoms with E-state index >= 15 is 0 Å². The monoisotopic (exact) mass is 417 g/mol. The Balaban J connectivity index is 0.00000243. The van der Waals surface area contributed by atoms with Crippen LogP contribution in [0.5, 0.6) is 0 Å². The number of carbonyl (C=O) groups is 1. The number of quaternary nitrogens is 1. The maximum absolute atomic E-state index is 12.5. The van der Waals surface area contributed by atoms with Crippen molar-refractivity contribution in [3.63, 3.8) is 0 Å². The Bertz CT molecular complexity index is 712. The van der Waals surface area contributed by atoms with Crippen LogP contribution in [-0.2, 0) is 22.5 Å². The summed E-state index contributed by atoms with van der Waals surface area (Å²) in [6.45, 7) is 8.15. The molecule has 1 aliphatic rings. The van der Waals surface area contributed by atoms with Gasteiger partial charge in [0, 0.05) is 12.0 Å². The fourth-order valence-electron chi connectivity index (χ4n) is 3.54. The summed E-state index contributed by atoms with van der Waals surface area (Å²) in [5.74, 6) is -0.0982. The highest BCUT2D eigenvalue weighted by Crippen LogP contribution is 2.36. The number of benzene rings is 2. The average molecular weight is 418 g/mol. The zero-order valence-electron chi connectivity index (χ0n) is 15.8. The molecule has 1 heterocycles. The van der Waals surface area contributed by atoms with Crippen LogP contribution in [0.1, 0.15) is 31.9 Å². The molecule has 140 valence electrons. The van der Waals surface area contributed by atoms with Gasteiger partial charge in [0.2, 0.25) is 0 Å². The van der Waals surface area contributed by atoms with Crippen LogP contribution < -0.4 is 17.0 Å². The highest BCUT2D eigenvalue weighted by Gasteiger charge is 2.56. The Morgan fingerprint density at radius 3 is 2.08 bits per heavy atom. The number of halogens is 1. The molecule has 2 atom stereocenters. The van der Waals surface area contributed by atoms with E-state index in [0.29, 0.717) is 12.6 Å². The third kappa shape index (κ3) is 5.68. The van der Waals surface area contributed by atoms with E-state index in [9.17, 15) is 4.79 Å². The molecule has 0 saturated carbocycles. The van der Waals surface area contributed by atoms with Crippen LogP contribution in [0.3, 0.4) is 0 Å². The van der Waals surface area contributed by atoms with Crippen LogP contribution in [-0.4, -0.2) is 35.2 Å². The van der Waals surface area contributed by atoms with E-state index < -0.39 is 5.60 Å². The molecule has 2 aromatic rings. The van der Waals surface area contributed by atoms with Gasteiger partial charge < -0.3 is 21.7 Å². The molecule has 3 rings (SSSR count). The van der Waals surface area contributed by atoms with E-state index in [2.05, 4.69) is 48.5 Å². The molecule has 1 aliphatic heterocycles. The predicted molar refractivity (Wildman–Crippen MR) is 99.9 cm³/mol. The minimum Gasteiger partial charge on any atom is -1.00 e. The van der Waals surface area contributed by atoms with Crippen molar-refractivity contribution in [1.82, 2.24) is 0 Å². The molecule has 1 saturated heterocycles. The number of carbonyl (C=O) groups excluding carboxylic acids is 1. The van der Waals surface area contributed by atoms with Gasteiger partial charge in [-0.2, -0.15) is 0 Å². The zero-order chi connectivity index (χ0) is 17.9. The van der Waals surface area contributed by atoms with Crippen molar-refractivity contribution in [1.29, 1.82) is 0 Å². The van der Waals surface area contributed by atoms with E-state index in [1.165, 1.54) is 11.1 Å². The van der Waals surface area contributed by atoms with E-state index in [1.807, 2.05) is 32.9 Å². The lowest BCUT2D eigenvalue weighted by atomic mass is 10.1. The molecule has 0 radical (unpaired) electrons.